The summed E-state index contributed by atoms with van der Waals surface area (Å²) in [6, 6.07) is 4.97. The number of aliphatic hydroxyl groups is 1. The number of carbonyl (C=O) groups is 8. The summed E-state index contributed by atoms with van der Waals surface area (Å²) in [7, 11) is 9.79. The van der Waals surface area contributed by atoms with Crippen LogP contribution in [0.5, 0.6) is 0 Å². The zero-order chi connectivity index (χ0) is 60.2. The molecule has 12 atom stereocenters. The Labute approximate surface area is 476 Å². The van der Waals surface area contributed by atoms with Crippen LogP contribution < -0.4 is 21.3 Å². The molecule has 0 radical (unpaired) electrons. The highest BCUT2D eigenvalue weighted by Gasteiger charge is 2.44. The summed E-state index contributed by atoms with van der Waals surface area (Å²) < 4.78 is 33.3. The number of nitrogens with one attached hydrogen (secondary N) is 4. The van der Waals surface area contributed by atoms with Crippen LogP contribution in [0.3, 0.4) is 0 Å². The molecule has 0 aromatic heterocycles. The Bertz CT molecular complexity index is 2050. The van der Waals surface area contributed by atoms with Gasteiger partial charge in [0.2, 0.25) is 35.4 Å². The quantitative estimate of drug-likeness (QED) is 0.0361. The lowest BCUT2D eigenvalue weighted by molar-refractivity contribution is -0.194. The van der Waals surface area contributed by atoms with Gasteiger partial charge in [0.15, 0.2) is 6.29 Å². The van der Waals surface area contributed by atoms with Crippen LogP contribution in [0.4, 0.5) is 0 Å². The summed E-state index contributed by atoms with van der Waals surface area (Å²) in [5, 5.41) is 20.7. The van der Waals surface area contributed by atoms with Crippen LogP contribution in [-0.4, -0.2) is 203 Å². The standard InChI is InChI=1S/C58H99N7O15/c1-16-38(7)52(64(12)57(73)50(36(3)4)62-56(72)51(37(5)6)63(10)11)45(75-13)33-47(68)65-30-22-26-44(65)53(77-15)39(8)54(70)61-43(32-41-24-19-18-20-25-41)55(71)59-29-23-31-78-58(74)40(9)60-46(67)27-21-28-48(69)79-35-49(76-14)80-42(17-2)34-66/h18-20,24-25,36-40,42-45,49-53,66H,16-17,21-23,26-35H2,1-15H3,(H,59,71)(H,60,67)(H,61,70)(H,62,72)/t38-,39+,40-,42?,43?,44-,45+,49?,50-,51-,52-,53+/m0/s1. The lowest BCUT2D eigenvalue weighted by atomic mass is 9.89. The fourth-order valence-corrected chi connectivity index (χ4v) is 10.1. The van der Waals surface area contributed by atoms with E-state index in [1.165, 1.54) is 28.3 Å². The van der Waals surface area contributed by atoms with Crippen molar-refractivity contribution in [3.05, 3.63) is 35.9 Å². The highest BCUT2D eigenvalue weighted by Crippen LogP contribution is 2.30. The average molecular weight is 1130 g/mol. The van der Waals surface area contributed by atoms with Crippen molar-refractivity contribution in [2.24, 2.45) is 23.7 Å². The van der Waals surface area contributed by atoms with Crippen molar-refractivity contribution in [3.63, 3.8) is 0 Å². The molecule has 80 heavy (non-hydrogen) atoms. The van der Waals surface area contributed by atoms with Crippen LogP contribution in [0.2, 0.25) is 0 Å². The fraction of sp³-hybridized carbons (Fsp3) is 0.759. The van der Waals surface area contributed by atoms with Crippen LogP contribution in [-0.2, 0) is 73.2 Å². The van der Waals surface area contributed by atoms with Crippen molar-refractivity contribution in [3.8, 4) is 0 Å². The van der Waals surface area contributed by atoms with E-state index in [0.29, 0.717) is 32.2 Å². The largest absolute Gasteiger partial charge is 0.464 e. The second-order valence-corrected chi connectivity index (χ2v) is 21.9. The minimum atomic E-state index is -1.000. The maximum Gasteiger partial charge on any atom is 0.328 e. The average Bonchev–Trinajstić information content (AvgIpc) is 3.92. The second kappa shape index (κ2) is 37.0. The van der Waals surface area contributed by atoms with E-state index in [9.17, 15) is 43.5 Å². The van der Waals surface area contributed by atoms with Crippen LogP contribution >= 0.6 is 0 Å². The van der Waals surface area contributed by atoms with E-state index in [2.05, 4.69) is 21.3 Å². The van der Waals surface area contributed by atoms with Gasteiger partial charge in [-0.05, 0) is 76.4 Å². The molecular weight excluding hydrogens is 1030 g/mol. The summed E-state index contributed by atoms with van der Waals surface area (Å²) in [5.41, 5.74) is 0.802. The fourth-order valence-electron chi connectivity index (χ4n) is 10.1. The minimum Gasteiger partial charge on any atom is -0.464 e. The Morgan fingerprint density at radius 3 is 2.01 bits per heavy atom. The number of amides is 6. The van der Waals surface area contributed by atoms with Gasteiger partial charge in [0.05, 0.1) is 62.0 Å². The lowest BCUT2D eigenvalue weighted by Gasteiger charge is -2.41. The molecule has 1 saturated heterocycles. The van der Waals surface area contributed by atoms with E-state index in [1.807, 2.05) is 97.8 Å². The van der Waals surface area contributed by atoms with E-state index in [4.69, 9.17) is 28.4 Å². The van der Waals surface area contributed by atoms with Crippen molar-refractivity contribution in [1.29, 1.82) is 0 Å². The first-order chi connectivity index (χ1) is 37.9. The smallest absolute Gasteiger partial charge is 0.328 e. The van der Waals surface area contributed by atoms with Crippen LogP contribution in [0.15, 0.2) is 30.3 Å². The number of hydrogen-bond acceptors (Lipinski definition) is 16. The van der Waals surface area contributed by atoms with Gasteiger partial charge in [-0.15, -0.1) is 0 Å². The molecule has 1 heterocycles. The zero-order valence-electron chi connectivity index (χ0n) is 50.6. The van der Waals surface area contributed by atoms with E-state index in [0.717, 1.165) is 5.56 Å². The van der Waals surface area contributed by atoms with Gasteiger partial charge in [-0.1, -0.05) is 92.1 Å². The number of likely N-dealkylation sites (tertiary alicyclic amines) is 1. The molecule has 0 spiro atoms. The normalized spacial score (nSPS) is 17.7. The Kier molecular flexibility index (Phi) is 32.7. The molecule has 1 fully saturated rings. The monoisotopic (exact) mass is 1130 g/mol. The maximum atomic E-state index is 14.5. The molecule has 3 unspecified atom stereocenters. The molecule has 22 nitrogen and oxygen atoms in total. The molecule has 0 saturated carbocycles. The van der Waals surface area contributed by atoms with Crippen LogP contribution in [0.1, 0.15) is 126 Å². The highest BCUT2D eigenvalue weighted by atomic mass is 16.7. The third-order valence-corrected chi connectivity index (χ3v) is 14.9. The van der Waals surface area contributed by atoms with Gasteiger partial charge in [-0.25, -0.2) is 4.79 Å². The van der Waals surface area contributed by atoms with Gasteiger partial charge < -0.3 is 64.6 Å². The van der Waals surface area contributed by atoms with E-state index in [-0.39, 0.29) is 100 Å². The molecule has 0 aliphatic carbocycles. The first-order valence-corrected chi connectivity index (χ1v) is 28.5. The molecule has 6 amide bonds. The number of esters is 2. The number of nitrogens with zero attached hydrogens (tertiary/aromatic N) is 3. The van der Waals surface area contributed by atoms with Gasteiger partial charge >= 0.3 is 11.9 Å². The molecule has 1 aliphatic rings. The summed E-state index contributed by atoms with van der Waals surface area (Å²) in [6.07, 6.45) is 0.111. The molecular formula is C58H99N7O15. The van der Waals surface area contributed by atoms with Gasteiger partial charge in [0, 0.05) is 60.7 Å². The number of rotatable bonds is 38. The number of ether oxygens (including phenoxy) is 6. The SMILES string of the molecule is CCC(CO)OC(COC(=O)CCCC(=O)N[C@@H](C)C(=O)OCCCNC(=O)C(Cc1ccccc1)NC(=O)[C@H](C)[C@@H](OC)[C@@H]1CCCN1C(=O)C[C@@H](OC)[C@H]([C@@H](C)CC)N(C)C(=O)[C@@H](NC(=O)[C@H](C(C)C)N(C)C)C(C)C)OC. The summed E-state index contributed by atoms with van der Waals surface area (Å²) in [6.45, 7) is 16.8. The second-order valence-electron chi connectivity index (χ2n) is 21.9. The topological polar surface area (TPSA) is 270 Å². The minimum absolute atomic E-state index is 0.00492. The Morgan fingerprint density at radius 1 is 0.775 bits per heavy atom. The Morgan fingerprint density at radius 2 is 1.45 bits per heavy atom. The van der Waals surface area contributed by atoms with Crippen molar-refractivity contribution in [1.82, 2.24) is 36.0 Å². The summed E-state index contributed by atoms with van der Waals surface area (Å²) >= 11 is 0. The zero-order valence-corrected chi connectivity index (χ0v) is 50.6. The van der Waals surface area contributed by atoms with Crippen LogP contribution in [0, 0.1) is 23.7 Å². The molecule has 0 bridgehead atoms. The molecule has 1 aliphatic heterocycles. The Balaban J connectivity index is 2.07. The predicted molar refractivity (Wildman–Crippen MR) is 301 cm³/mol. The highest BCUT2D eigenvalue weighted by molar-refractivity contribution is 5.91. The van der Waals surface area contributed by atoms with Crippen molar-refractivity contribution >= 4 is 47.4 Å². The first kappa shape index (κ1) is 70.8. The number of carbonyl (C=O) groups excluding carboxylic acids is 8. The third-order valence-electron chi connectivity index (χ3n) is 14.9. The van der Waals surface area contributed by atoms with Crippen LogP contribution in [0.25, 0.3) is 0 Å². The molecule has 456 valence electrons. The lowest BCUT2D eigenvalue weighted by Crippen LogP contribution is -2.59. The van der Waals surface area contributed by atoms with Gasteiger partial charge in [0.25, 0.3) is 0 Å². The number of methoxy groups -OCH3 is 3. The summed E-state index contributed by atoms with van der Waals surface area (Å²) in [4.78, 5) is 113. The number of aliphatic hydroxyl groups excluding tert-OH is 1. The van der Waals surface area contributed by atoms with Gasteiger partial charge in [-0.2, -0.15) is 0 Å². The maximum absolute atomic E-state index is 14.5. The molecule has 22 heteroatoms. The van der Waals surface area contributed by atoms with Crippen molar-refractivity contribution in [2.75, 3.05) is 75.4 Å². The first-order valence-electron chi connectivity index (χ1n) is 28.5. The van der Waals surface area contributed by atoms with E-state index in [1.54, 1.807) is 23.8 Å². The third kappa shape index (κ3) is 22.9. The van der Waals surface area contributed by atoms with Gasteiger partial charge in [-0.3, -0.25) is 38.5 Å². The van der Waals surface area contributed by atoms with Gasteiger partial charge in [0.1, 0.15) is 24.7 Å². The Hall–Kier alpha value is -5.26. The summed E-state index contributed by atoms with van der Waals surface area (Å²) in [5.74, 6) is -4.48. The van der Waals surface area contributed by atoms with E-state index < -0.39 is 96.4 Å². The van der Waals surface area contributed by atoms with E-state index >= 15 is 0 Å². The molecule has 2 rings (SSSR count). The number of hydrogen-bond donors (Lipinski definition) is 5. The number of benzene rings is 1. The number of likely N-dealkylation sites (N-methyl/N-ethyl adjacent to an activating group) is 2. The molecule has 1 aromatic carbocycles. The molecule has 1 aromatic rings. The van der Waals surface area contributed by atoms with Crippen molar-refractivity contribution < 1.29 is 71.9 Å². The predicted octanol–water partition coefficient (Wildman–Crippen LogP) is 3.39. The van der Waals surface area contributed by atoms with Crippen molar-refractivity contribution in [2.45, 2.75) is 187 Å². The molecule has 5 N–H and O–H groups in total.